The van der Waals surface area contributed by atoms with Crippen molar-refractivity contribution in [2.75, 3.05) is 13.7 Å². The lowest BCUT2D eigenvalue weighted by Gasteiger charge is -2.14. The minimum absolute atomic E-state index is 0.227. The second-order valence-electron chi connectivity index (χ2n) is 4.23. The Morgan fingerprint density at radius 1 is 1.47 bits per heavy atom. The molecule has 0 spiro atoms. The predicted octanol–water partition coefficient (Wildman–Crippen LogP) is 1.78. The molecule has 2 aromatic rings. The number of benzene rings is 1. The van der Waals surface area contributed by atoms with E-state index in [-0.39, 0.29) is 6.61 Å². The van der Waals surface area contributed by atoms with E-state index in [0.29, 0.717) is 11.3 Å². The molecule has 19 heavy (non-hydrogen) atoms. The summed E-state index contributed by atoms with van der Waals surface area (Å²) in [7, 11) is 3.40. The summed E-state index contributed by atoms with van der Waals surface area (Å²) in [5, 5.41) is 11.0. The predicted molar refractivity (Wildman–Crippen MR) is 71.1 cm³/mol. The fourth-order valence-corrected chi connectivity index (χ4v) is 2.05. The van der Waals surface area contributed by atoms with Crippen molar-refractivity contribution in [3.63, 3.8) is 0 Å². The number of carbonyl (C=O) groups is 1. The number of methoxy groups -OCH3 is 1. The lowest BCUT2D eigenvalue weighted by Crippen LogP contribution is -2.16. The van der Waals surface area contributed by atoms with E-state index in [1.54, 1.807) is 19.1 Å². The molecule has 0 radical (unpaired) electrons. The summed E-state index contributed by atoms with van der Waals surface area (Å²) in [6.07, 6.45) is 0.569. The van der Waals surface area contributed by atoms with Gasteiger partial charge in [-0.25, -0.2) is 4.79 Å². The average molecular weight is 263 g/mol. The van der Waals surface area contributed by atoms with E-state index in [1.807, 2.05) is 23.9 Å². The van der Waals surface area contributed by atoms with Crippen molar-refractivity contribution < 1.29 is 19.4 Å². The molecular formula is C14H17NO4. The number of hydrogen-bond donors (Lipinski definition) is 1. The maximum absolute atomic E-state index is 11.6. The lowest BCUT2D eigenvalue weighted by molar-refractivity contribution is -0.153. The van der Waals surface area contributed by atoms with E-state index in [1.165, 1.54) is 7.11 Å². The van der Waals surface area contributed by atoms with Gasteiger partial charge < -0.3 is 19.1 Å². The number of hydrogen-bond acceptors (Lipinski definition) is 4. The van der Waals surface area contributed by atoms with Gasteiger partial charge in [-0.2, -0.15) is 0 Å². The third kappa shape index (κ3) is 2.42. The van der Waals surface area contributed by atoms with Gasteiger partial charge in [0.1, 0.15) is 5.75 Å². The zero-order chi connectivity index (χ0) is 14.0. The fourth-order valence-electron chi connectivity index (χ4n) is 2.05. The summed E-state index contributed by atoms with van der Waals surface area (Å²) in [5.74, 6) is -0.200. The Kier molecular flexibility index (Phi) is 3.76. The Labute approximate surface area is 111 Å². The standard InChI is InChI=1S/C14H17NO4/c1-4-19-14(17)13(16)10-8-11-9(5-6-15(11)2)7-12(10)18-3/h5-8,13,16H,4H2,1-3H3. The molecule has 1 aromatic carbocycles. The molecule has 5 nitrogen and oxygen atoms in total. The summed E-state index contributed by atoms with van der Waals surface area (Å²) in [6.45, 7) is 1.92. The molecular weight excluding hydrogens is 246 g/mol. The van der Waals surface area contributed by atoms with Gasteiger partial charge in [-0.1, -0.05) is 0 Å². The van der Waals surface area contributed by atoms with Crippen molar-refractivity contribution >= 4 is 16.9 Å². The molecule has 0 saturated carbocycles. The summed E-state index contributed by atoms with van der Waals surface area (Å²) in [5.41, 5.74) is 1.33. The number of aryl methyl sites for hydroxylation is 1. The largest absolute Gasteiger partial charge is 0.496 e. The zero-order valence-electron chi connectivity index (χ0n) is 11.2. The molecule has 1 aromatic heterocycles. The van der Waals surface area contributed by atoms with Gasteiger partial charge in [0.2, 0.25) is 0 Å². The summed E-state index contributed by atoms with van der Waals surface area (Å²) in [6, 6.07) is 5.49. The third-order valence-corrected chi connectivity index (χ3v) is 3.04. The lowest BCUT2D eigenvalue weighted by atomic mass is 10.1. The number of aliphatic hydroxyl groups excluding tert-OH is 1. The van der Waals surface area contributed by atoms with Gasteiger partial charge in [0, 0.05) is 29.7 Å². The molecule has 0 fully saturated rings. The van der Waals surface area contributed by atoms with E-state index in [0.717, 1.165) is 10.9 Å². The monoisotopic (exact) mass is 263 g/mol. The highest BCUT2D eigenvalue weighted by atomic mass is 16.5. The third-order valence-electron chi connectivity index (χ3n) is 3.04. The number of rotatable bonds is 4. The van der Waals surface area contributed by atoms with Gasteiger partial charge in [0.15, 0.2) is 6.10 Å². The molecule has 0 aliphatic rings. The van der Waals surface area contributed by atoms with Crippen molar-refractivity contribution in [1.29, 1.82) is 0 Å². The number of aliphatic hydroxyl groups is 1. The van der Waals surface area contributed by atoms with E-state index in [4.69, 9.17) is 9.47 Å². The smallest absolute Gasteiger partial charge is 0.339 e. The zero-order valence-corrected chi connectivity index (χ0v) is 11.2. The SMILES string of the molecule is CCOC(=O)C(O)c1cc2c(ccn2C)cc1OC. The second kappa shape index (κ2) is 5.32. The highest BCUT2D eigenvalue weighted by Crippen LogP contribution is 2.31. The van der Waals surface area contributed by atoms with Crippen LogP contribution in [0.15, 0.2) is 24.4 Å². The van der Waals surface area contributed by atoms with E-state index in [2.05, 4.69) is 0 Å². The topological polar surface area (TPSA) is 60.7 Å². The molecule has 0 amide bonds. The summed E-state index contributed by atoms with van der Waals surface area (Å²) in [4.78, 5) is 11.6. The van der Waals surface area contributed by atoms with Crippen molar-refractivity contribution in [3.05, 3.63) is 30.0 Å². The van der Waals surface area contributed by atoms with Crippen LogP contribution >= 0.6 is 0 Å². The molecule has 1 N–H and O–H groups in total. The van der Waals surface area contributed by atoms with Crippen LogP contribution in [0.5, 0.6) is 5.75 Å². The Balaban J connectivity index is 2.50. The Hall–Kier alpha value is -2.01. The first-order valence-electron chi connectivity index (χ1n) is 6.06. The number of esters is 1. The number of ether oxygens (including phenoxy) is 2. The molecule has 1 heterocycles. The summed E-state index contributed by atoms with van der Waals surface area (Å²) >= 11 is 0. The van der Waals surface area contributed by atoms with Crippen LogP contribution in [0.4, 0.5) is 0 Å². The molecule has 0 bridgehead atoms. The van der Waals surface area contributed by atoms with Crippen LogP contribution in [0.25, 0.3) is 10.9 Å². The molecule has 0 saturated heterocycles. The molecule has 102 valence electrons. The first kappa shape index (κ1) is 13.4. The highest BCUT2D eigenvalue weighted by Gasteiger charge is 2.23. The number of fused-ring (bicyclic) bond motifs is 1. The van der Waals surface area contributed by atoms with E-state index >= 15 is 0 Å². The van der Waals surface area contributed by atoms with Crippen LogP contribution in [-0.2, 0) is 16.6 Å². The van der Waals surface area contributed by atoms with Crippen LogP contribution in [0.2, 0.25) is 0 Å². The van der Waals surface area contributed by atoms with Gasteiger partial charge in [0.25, 0.3) is 0 Å². The Morgan fingerprint density at radius 3 is 2.84 bits per heavy atom. The van der Waals surface area contributed by atoms with E-state index < -0.39 is 12.1 Å². The average Bonchev–Trinajstić information content (AvgIpc) is 2.77. The molecule has 0 aliphatic heterocycles. The van der Waals surface area contributed by atoms with Crippen molar-refractivity contribution in [1.82, 2.24) is 4.57 Å². The minimum atomic E-state index is -1.34. The van der Waals surface area contributed by atoms with Gasteiger partial charge >= 0.3 is 5.97 Å². The summed E-state index contributed by atoms with van der Waals surface area (Å²) < 4.78 is 12.0. The number of nitrogens with zero attached hydrogens (tertiary/aromatic N) is 1. The maximum atomic E-state index is 11.6. The first-order chi connectivity index (χ1) is 9.08. The first-order valence-corrected chi connectivity index (χ1v) is 6.06. The molecule has 0 aliphatic carbocycles. The Morgan fingerprint density at radius 2 is 2.21 bits per heavy atom. The van der Waals surface area contributed by atoms with Crippen LogP contribution in [-0.4, -0.2) is 29.4 Å². The minimum Gasteiger partial charge on any atom is -0.496 e. The number of aromatic nitrogens is 1. The Bertz CT molecular complexity index is 603. The fraction of sp³-hybridized carbons (Fsp3) is 0.357. The van der Waals surface area contributed by atoms with Crippen molar-refractivity contribution in [2.24, 2.45) is 7.05 Å². The molecule has 1 atom stereocenters. The molecule has 1 unspecified atom stereocenters. The van der Waals surface area contributed by atoms with Crippen molar-refractivity contribution in [2.45, 2.75) is 13.0 Å². The molecule has 2 rings (SSSR count). The highest BCUT2D eigenvalue weighted by molar-refractivity contribution is 5.86. The second-order valence-corrected chi connectivity index (χ2v) is 4.23. The van der Waals surface area contributed by atoms with E-state index in [9.17, 15) is 9.90 Å². The number of carbonyl (C=O) groups excluding carboxylic acids is 1. The maximum Gasteiger partial charge on any atom is 0.339 e. The normalized spacial score (nSPS) is 12.4. The van der Waals surface area contributed by atoms with Gasteiger partial charge in [-0.15, -0.1) is 0 Å². The van der Waals surface area contributed by atoms with Gasteiger partial charge in [-0.3, -0.25) is 0 Å². The van der Waals surface area contributed by atoms with Crippen LogP contribution in [0, 0.1) is 0 Å². The van der Waals surface area contributed by atoms with Gasteiger partial charge in [-0.05, 0) is 25.1 Å². The molecule has 5 heteroatoms. The quantitative estimate of drug-likeness (QED) is 0.854. The van der Waals surface area contributed by atoms with Crippen molar-refractivity contribution in [3.8, 4) is 5.75 Å². The van der Waals surface area contributed by atoms with Crippen LogP contribution in [0.1, 0.15) is 18.6 Å². The van der Waals surface area contributed by atoms with Crippen LogP contribution in [0.3, 0.4) is 0 Å². The van der Waals surface area contributed by atoms with Gasteiger partial charge in [0.05, 0.1) is 13.7 Å². The van der Waals surface area contributed by atoms with Crippen LogP contribution < -0.4 is 4.74 Å².